The van der Waals surface area contributed by atoms with Crippen LogP contribution >= 0.6 is 0 Å². The van der Waals surface area contributed by atoms with Gasteiger partial charge in [-0.3, -0.25) is 0 Å². The molecule has 0 radical (unpaired) electrons. The van der Waals surface area contributed by atoms with E-state index in [2.05, 4.69) is 22.3 Å². The van der Waals surface area contributed by atoms with Gasteiger partial charge < -0.3 is 10.3 Å². The van der Waals surface area contributed by atoms with Crippen molar-refractivity contribution in [2.24, 2.45) is 5.73 Å². The van der Waals surface area contributed by atoms with Crippen LogP contribution in [0.3, 0.4) is 0 Å². The molecule has 1 heterocycles. The highest BCUT2D eigenvalue weighted by atomic mass is 16.5. The van der Waals surface area contributed by atoms with Gasteiger partial charge >= 0.3 is 0 Å². The minimum atomic E-state index is 0.186. The van der Waals surface area contributed by atoms with Crippen LogP contribution in [0.15, 0.2) is 22.7 Å². The molecule has 0 fully saturated rings. The Balaban J connectivity index is 1.97. The number of benzene rings is 1. The minimum Gasteiger partial charge on any atom is -0.339 e. The van der Waals surface area contributed by atoms with Gasteiger partial charge in [0.05, 0.1) is 0 Å². The number of nitrogens with zero attached hydrogens (tertiary/aromatic N) is 2. The lowest BCUT2D eigenvalue weighted by atomic mass is 10.0. The van der Waals surface area contributed by atoms with Gasteiger partial charge in [-0.05, 0) is 30.0 Å². The second-order valence-corrected chi connectivity index (χ2v) is 5.17. The molecule has 2 N–H and O–H groups in total. The highest BCUT2D eigenvalue weighted by molar-refractivity contribution is 5.58. The first-order chi connectivity index (χ1) is 8.65. The van der Waals surface area contributed by atoms with Crippen molar-refractivity contribution >= 4 is 0 Å². The molecule has 1 aliphatic carbocycles. The summed E-state index contributed by atoms with van der Waals surface area (Å²) in [6.07, 6.45) is 2.07. The summed E-state index contributed by atoms with van der Waals surface area (Å²) in [7, 11) is 0. The number of hydrogen-bond acceptors (Lipinski definition) is 4. The number of aryl methyl sites for hydroxylation is 1. The van der Waals surface area contributed by atoms with Crippen LogP contribution in [0, 0.1) is 0 Å². The predicted molar refractivity (Wildman–Crippen MR) is 69.1 cm³/mol. The Hall–Kier alpha value is -1.68. The highest BCUT2D eigenvalue weighted by Crippen LogP contribution is 2.32. The Kier molecular flexibility index (Phi) is 2.67. The summed E-state index contributed by atoms with van der Waals surface area (Å²) in [4.78, 5) is 4.42. The van der Waals surface area contributed by atoms with E-state index in [1.165, 1.54) is 11.1 Å². The monoisotopic (exact) mass is 243 g/mol. The van der Waals surface area contributed by atoms with Crippen molar-refractivity contribution in [3.8, 4) is 11.4 Å². The molecule has 0 spiro atoms. The van der Waals surface area contributed by atoms with Crippen LogP contribution in [0.1, 0.15) is 49.2 Å². The summed E-state index contributed by atoms with van der Waals surface area (Å²) in [5.74, 6) is 1.61. The van der Waals surface area contributed by atoms with Crippen LogP contribution in [0.2, 0.25) is 0 Å². The standard InChI is InChI=1S/C14H17N3O/c1-8(2)14-16-13(17-18-14)10-3-5-11-9(7-10)4-6-12(11)15/h3,5,7-8,12H,4,6,15H2,1-2H3/t12-/m1/s1. The van der Waals surface area contributed by atoms with Crippen LogP contribution in [-0.4, -0.2) is 10.1 Å². The number of fused-ring (bicyclic) bond motifs is 1. The van der Waals surface area contributed by atoms with E-state index in [0.717, 1.165) is 18.4 Å². The van der Waals surface area contributed by atoms with Crippen LogP contribution in [0.5, 0.6) is 0 Å². The molecular formula is C14H17N3O. The van der Waals surface area contributed by atoms with E-state index in [1.54, 1.807) is 0 Å². The van der Waals surface area contributed by atoms with Gasteiger partial charge in [0.2, 0.25) is 11.7 Å². The fourth-order valence-electron chi connectivity index (χ4n) is 2.38. The van der Waals surface area contributed by atoms with Crippen molar-refractivity contribution in [3.05, 3.63) is 35.2 Å². The van der Waals surface area contributed by atoms with Gasteiger partial charge in [-0.2, -0.15) is 4.98 Å². The van der Waals surface area contributed by atoms with Crippen molar-refractivity contribution in [3.63, 3.8) is 0 Å². The van der Waals surface area contributed by atoms with Crippen molar-refractivity contribution < 1.29 is 4.52 Å². The molecule has 1 aromatic heterocycles. The molecule has 0 saturated heterocycles. The molecule has 18 heavy (non-hydrogen) atoms. The van der Waals surface area contributed by atoms with Gasteiger partial charge in [-0.25, -0.2) is 0 Å². The average molecular weight is 243 g/mol. The molecule has 0 unspecified atom stereocenters. The third kappa shape index (κ3) is 1.82. The molecule has 2 aromatic rings. The summed E-state index contributed by atoms with van der Waals surface area (Å²) < 4.78 is 5.24. The van der Waals surface area contributed by atoms with Gasteiger partial charge in [-0.15, -0.1) is 0 Å². The highest BCUT2D eigenvalue weighted by Gasteiger charge is 2.20. The zero-order valence-corrected chi connectivity index (χ0v) is 10.7. The SMILES string of the molecule is CC(C)c1nc(-c2ccc3c(c2)CC[C@H]3N)no1. The quantitative estimate of drug-likeness (QED) is 0.880. The fourth-order valence-corrected chi connectivity index (χ4v) is 2.38. The van der Waals surface area contributed by atoms with E-state index in [9.17, 15) is 0 Å². The second kappa shape index (κ2) is 4.21. The van der Waals surface area contributed by atoms with Crippen LogP contribution in [0.4, 0.5) is 0 Å². The maximum atomic E-state index is 6.03. The van der Waals surface area contributed by atoms with Crippen LogP contribution in [0.25, 0.3) is 11.4 Å². The maximum Gasteiger partial charge on any atom is 0.229 e. The summed E-state index contributed by atoms with van der Waals surface area (Å²) in [6, 6.07) is 6.44. The van der Waals surface area contributed by atoms with Gasteiger partial charge in [0.15, 0.2) is 0 Å². The van der Waals surface area contributed by atoms with E-state index in [0.29, 0.717) is 11.7 Å². The Morgan fingerprint density at radius 3 is 2.94 bits per heavy atom. The molecule has 4 nitrogen and oxygen atoms in total. The molecule has 1 aliphatic rings. The Bertz CT molecular complexity index is 574. The van der Waals surface area contributed by atoms with Gasteiger partial charge in [0.1, 0.15) is 0 Å². The Labute approximate surface area is 106 Å². The van der Waals surface area contributed by atoms with E-state index < -0.39 is 0 Å². The third-order valence-corrected chi connectivity index (χ3v) is 3.46. The van der Waals surface area contributed by atoms with E-state index in [4.69, 9.17) is 10.3 Å². The molecule has 0 amide bonds. The van der Waals surface area contributed by atoms with Crippen molar-refractivity contribution in [1.82, 2.24) is 10.1 Å². The summed E-state index contributed by atoms with van der Waals surface area (Å²) in [5.41, 5.74) is 9.61. The smallest absolute Gasteiger partial charge is 0.229 e. The number of nitrogens with two attached hydrogens (primary N) is 1. The van der Waals surface area contributed by atoms with Crippen LogP contribution < -0.4 is 5.73 Å². The molecule has 3 rings (SSSR count). The first-order valence-electron chi connectivity index (χ1n) is 6.37. The minimum absolute atomic E-state index is 0.186. The largest absolute Gasteiger partial charge is 0.339 e. The first kappa shape index (κ1) is 11.4. The van der Waals surface area contributed by atoms with E-state index in [1.807, 2.05) is 19.9 Å². The zero-order valence-electron chi connectivity index (χ0n) is 10.7. The topological polar surface area (TPSA) is 64.9 Å². The number of rotatable bonds is 2. The zero-order chi connectivity index (χ0) is 12.7. The van der Waals surface area contributed by atoms with Crippen molar-refractivity contribution in [2.75, 3.05) is 0 Å². The second-order valence-electron chi connectivity index (χ2n) is 5.17. The lowest BCUT2D eigenvalue weighted by molar-refractivity contribution is 0.365. The molecule has 4 heteroatoms. The Morgan fingerprint density at radius 2 is 2.22 bits per heavy atom. The average Bonchev–Trinajstić information content (AvgIpc) is 2.96. The van der Waals surface area contributed by atoms with Gasteiger partial charge in [0, 0.05) is 17.5 Å². The van der Waals surface area contributed by atoms with E-state index >= 15 is 0 Å². The van der Waals surface area contributed by atoms with Gasteiger partial charge in [-0.1, -0.05) is 31.1 Å². The normalized spacial score (nSPS) is 18.3. The molecule has 0 aliphatic heterocycles. The predicted octanol–water partition coefficient (Wildman–Crippen LogP) is 2.81. The molecule has 0 bridgehead atoms. The molecule has 1 atom stereocenters. The number of hydrogen-bond donors (Lipinski definition) is 1. The Morgan fingerprint density at radius 1 is 1.39 bits per heavy atom. The van der Waals surface area contributed by atoms with E-state index in [-0.39, 0.29) is 12.0 Å². The molecule has 0 saturated carbocycles. The van der Waals surface area contributed by atoms with Crippen molar-refractivity contribution in [2.45, 2.75) is 38.6 Å². The van der Waals surface area contributed by atoms with Crippen LogP contribution in [-0.2, 0) is 6.42 Å². The lowest BCUT2D eigenvalue weighted by Crippen LogP contribution is -2.04. The summed E-state index contributed by atoms with van der Waals surface area (Å²) >= 11 is 0. The fraction of sp³-hybridized carbons (Fsp3) is 0.429. The molecule has 94 valence electrons. The third-order valence-electron chi connectivity index (χ3n) is 3.46. The van der Waals surface area contributed by atoms with Gasteiger partial charge in [0.25, 0.3) is 0 Å². The first-order valence-corrected chi connectivity index (χ1v) is 6.37. The lowest BCUT2D eigenvalue weighted by Gasteiger charge is -2.04. The summed E-state index contributed by atoms with van der Waals surface area (Å²) in [5, 5.41) is 4.03. The molecule has 1 aromatic carbocycles. The number of aromatic nitrogens is 2. The summed E-state index contributed by atoms with van der Waals surface area (Å²) in [6.45, 7) is 4.08. The van der Waals surface area contributed by atoms with Crippen molar-refractivity contribution in [1.29, 1.82) is 0 Å². The molecular weight excluding hydrogens is 226 g/mol. The maximum absolute atomic E-state index is 6.03.